The number of amides is 1. The molecular formula is C30H50BNO7Si. The number of methoxy groups -OCH3 is 1. The lowest BCUT2D eigenvalue weighted by atomic mass is 9.73. The minimum atomic E-state index is -2.14. The zero-order valence-corrected chi connectivity index (χ0v) is 27.3. The molecule has 0 saturated carbocycles. The molecule has 2 saturated heterocycles. The van der Waals surface area contributed by atoms with Crippen molar-refractivity contribution in [3.05, 3.63) is 35.9 Å². The van der Waals surface area contributed by atoms with Gasteiger partial charge in [0.25, 0.3) is 0 Å². The van der Waals surface area contributed by atoms with E-state index in [4.69, 9.17) is 23.2 Å². The molecule has 0 radical (unpaired) electrons. The highest BCUT2D eigenvalue weighted by Gasteiger charge is 2.56. The molecule has 0 bridgehead atoms. The topological polar surface area (TPSA) is 83.5 Å². The third kappa shape index (κ3) is 7.12. The fourth-order valence-corrected chi connectivity index (χ4v) is 6.24. The summed E-state index contributed by atoms with van der Waals surface area (Å²) in [5.74, 6) is -0.441. The van der Waals surface area contributed by atoms with Gasteiger partial charge in [0.1, 0.15) is 12.6 Å². The van der Waals surface area contributed by atoms with Crippen LogP contribution in [0.1, 0.15) is 73.3 Å². The average molecular weight is 576 g/mol. The monoisotopic (exact) mass is 575 g/mol. The Kier molecular flexibility index (Phi) is 9.92. The lowest BCUT2D eigenvalue weighted by molar-refractivity contribution is -0.150. The van der Waals surface area contributed by atoms with E-state index in [2.05, 4.69) is 33.9 Å². The van der Waals surface area contributed by atoms with Crippen molar-refractivity contribution in [1.29, 1.82) is 0 Å². The van der Waals surface area contributed by atoms with Crippen LogP contribution in [-0.2, 0) is 34.6 Å². The van der Waals surface area contributed by atoms with Gasteiger partial charge in [-0.2, -0.15) is 0 Å². The molecule has 2 aliphatic heterocycles. The first-order valence-electron chi connectivity index (χ1n) is 14.5. The maximum absolute atomic E-state index is 13.4. The van der Waals surface area contributed by atoms with Crippen molar-refractivity contribution in [2.45, 2.75) is 116 Å². The summed E-state index contributed by atoms with van der Waals surface area (Å²) in [4.78, 5) is 28.3. The smallest absolute Gasteiger partial charge is 0.457 e. The number of carbonyl (C=O) groups excluding carboxylic acids is 2. The van der Waals surface area contributed by atoms with Crippen LogP contribution in [0.5, 0.6) is 0 Å². The van der Waals surface area contributed by atoms with Crippen LogP contribution in [0.2, 0.25) is 24.5 Å². The molecule has 0 N–H and O–H groups in total. The molecule has 1 amide bonds. The second-order valence-corrected chi connectivity index (χ2v) is 18.7. The van der Waals surface area contributed by atoms with Crippen LogP contribution < -0.4 is 0 Å². The lowest BCUT2D eigenvalue weighted by Gasteiger charge is -2.42. The van der Waals surface area contributed by atoms with Crippen molar-refractivity contribution >= 4 is 27.5 Å². The third-order valence-corrected chi connectivity index (χ3v) is 14.0. The van der Waals surface area contributed by atoms with Gasteiger partial charge in [-0.15, -0.1) is 0 Å². The molecule has 0 aliphatic carbocycles. The van der Waals surface area contributed by atoms with Gasteiger partial charge < -0.3 is 23.2 Å². The Bertz CT molecular complexity index is 1010. The van der Waals surface area contributed by atoms with Gasteiger partial charge in [0.15, 0.2) is 8.32 Å². The van der Waals surface area contributed by atoms with Crippen molar-refractivity contribution < 1.29 is 32.8 Å². The summed E-state index contributed by atoms with van der Waals surface area (Å²) in [6.45, 7) is 20.1. The van der Waals surface area contributed by atoms with E-state index >= 15 is 0 Å². The molecule has 224 valence electrons. The predicted molar refractivity (Wildman–Crippen MR) is 159 cm³/mol. The highest BCUT2D eigenvalue weighted by atomic mass is 28.4. The Morgan fingerprint density at radius 2 is 1.68 bits per heavy atom. The minimum absolute atomic E-state index is 0.00451. The molecule has 1 aromatic rings. The number of hydrogen-bond acceptors (Lipinski definition) is 7. The summed E-state index contributed by atoms with van der Waals surface area (Å²) >= 11 is 0. The first kappa shape index (κ1) is 32.6. The highest BCUT2D eigenvalue weighted by molar-refractivity contribution is 6.74. The fourth-order valence-electron chi connectivity index (χ4n) is 5.16. The molecule has 1 aromatic carbocycles. The Labute approximate surface area is 242 Å². The number of nitrogens with zero attached hydrogens (tertiary/aromatic N) is 1. The molecule has 0 spiro atoms. The van der Waals surface area contributed by atoms with Crippen LogP contribution in [0, 0.1) is 5.41 Å². The maximum Gasteiger partial charge on any atom is 0.457 e. The van der Waals surface area contributed by atoms with Crippen LogP contribution in [-0.4, -0.2) is 69.9 Å². The number of likely N-dealkylation sites (tertiary alicyclic amines) is 1. The summed E-state index contributed by atoms with van der Waals surface area (Å²) in [6, 6.07) is 8.73. The summed E-state index contributed by atoms with van der Waals surface area (Å²) < 4.78 is 30.1. The number of ether oxygens (including phenoxy) is 2. The molecule has 10 heteroatoms. The largest absolute Gasteiger partial charge is 0.467 e. The first-order valence-corrected chi connectivity index (χ1v) is 17.4. The van der Waals surface area contributed by atoms with Crippen LogP contribution in [0.4, 0.5) is 4.79 Å². The molecule has 0 unspecified atom stereocenters. The predicted octanol–water partition coefficient (Wildman–Crippen LogP) is 6.45. The van der Waals surface area contributed by atoms with E-state index in [1.54, 1.807) is 4.90 Å². The normalized spacial score (nSPS) is 24.3. The Balaban J connectivity index is 1.82. The summed E-state index contributed by atoms with van der Waals surface area (Å²) in [5.41, 5.74) is -0.526. The summed E-state index contributed by atoms with van der Waals surface area (Å²) in [5, 5.41) is 0.00451. The third-order valence-electron chi connectivity index (χ3n) is 9.55. The van der Waals surface area contributed by atoms with Crippen LogP contribution in [0.3, 0.4) is 0 Å². The molecule has 2 aliphatic rings. The van der Waals surface area contributed by atoms with E-state index in [-0.39, 0.29) is 18.8 Å². The van der Waals surface area contributed by atoms with E-state index in [1.165, 1.54) is 7.11 Å². The molecule has 2 atom stereocenters. The average Bonchev–Trinajstić information content (AvgIpc) is 3.34. The first-order chi connectivity index (χ1) is 18.4. The second kappa shape index (κ2) is 12.2. The van der Waals surface area contributed by atoms with E-state index in [9.17, 15) is 9.59 Å². The van der Waals surface area contributed by atoms with Gasteiger partial charge in [-0.25, -0.2) is 9.59 Å². The van der Waals surface area contributed by atoms with Crippen LogP contribution in [0.15, 0.2) is 30.3 Å². The summed E-state index contributed by atoms with van der Waals surface area (Å²) in [7, 11) is -1.09. The fraction of sp³-hybridized carbons (Fsp3) is 0.733. The van der Waals surface area contributed by atoms with Gasteiger partial charge in [-0.1, -0.05) is 57.5 Å². The van der Waals surface area contributed by atoms with E-state index < -0.39 is 43.0 Å². The molecule has 40 heavy (non-hydrogen) atoms. The number of esters is 1. The number of carbonyl (C=O) groups is 2. The van der Waals surface area contributed by atoms with Crippen LogP contribution >= 0.6 is 0 Å². The van der Waals surface area contributed by atoms with Gasteiger partial charge in [0.2, 0.25) is 0 Å². The quantitative estimate of drug-likeness (QED) is 0.234. The Morgan fingerprint density at radius 3 is 2.23 bits per heavy atom. The molecule has 2 fully saturated rings. The Morgan fingerprint density at radius 1 is 1.07 bits per heavy atom. The maximum atomic E-state index is 13.4. The van der Waals surface area contributed by atoms with E-state index in [0.717, 1.165) is 12.0 Å². The molecule has 0 aromatic heterocycles. The molecule has 2 heterocycles. The lowest BCUT2D eigenvalue weighted by Crippen LogP contribution is -2.52. The minimum Gasteiger partial charge on any atom is -0.467 e. The SMILES string of the molecule is COC(=O)[C@H]1N(C(=O)OCc2ccccc2)CC[C@]1(CCCB1OC(C)(C)C(C)(C)O1)CO[Si](C)(C)C(C)(C)C. The Hall–Kier alpha value is -1.88. The number of benzene rings is 1. The van der Waals surface area contributed by atoms with Gasteiger partial charge in [0, 0.05) is 18.6 Å². The van der Waals surface area contributed by atoms with Crippen molar-refractivity contribution in [1.82, 2.24) is 4.90 Å². The second-order valence-electron chi connectivity index (χ2n) is 13.9. The molecule has 3 rings (SSSR count). The van der Waals surface area contributed by atoms with Gasteiger partial charge >= 0.3 is 19.2 Å². The zero-order chi connectivity index (χ0) is 30.0. The summed E-state index contributed by atoms with van der Waals surface area (Å²) in [6.07, 6.45) is 2.19. The van der Waals surface area contributed by atoms with Crippen LogP contribution in [0.25, 0.3) is 0 Å². The van der Waals surface area contributed by atoms with E-state index in [1.807, 2.05) is 58.0 Å². The van der Waals surface area contributed by atoms with Crippen molar-refractivity contribution in [3.63, 3.8) is 0 Å². The van der Waals surface area contributed by atoms with Gasteiger partial charge in [0.05, 0.1) is 18.3 Å². The number of rotatable bonds is 10. The van der Waals surface area contributed by atoms with Crippen molar-refractivity contribution in [3.8, 4) is 0 Å². The number of hydrogen-bond donors (Lipinski definition) is 0. The van der Waals surface area contributed by atoms with Gasteiger partial charge in [-0.3, -0.25) is 4.90 Å². The molecular weight excluding hydrogens is 525 g/mol. The molecule has 8 nitrogen and oxygen atoms in total. The van der Waals surface area contributed by atoms with Gasteiger partial charge in [-0.05, 0) is 70.6 Å². The highest BCUT2D eigenvalue weighted by Crippen LogP contribution is 2.46. The zero-order valence-electron chi connectivity index (χ0n) is 26.3. The van der Waals surface area contributed by atoms with Crippen molar-refractivity contribution in [2.24, 2.45) is 5.41 Å². The van der Waals surface area contributed by atoms with Crippen molar-refractivity contribution in [2.75, 3.05) is 20.3 Å². The standard InChI is InChI=1S/C30H50BNO7Si/c1-27(2,3)40(9,10)37-22-30(17-14-19-31-38-28(4,5)29(6,7)39-31)18-20-32(24(30)25(33)35-8)26(34)36-21-23-15-12-11-13-16-23/h11-13,15-16,24H,14,17-22H2,1-10H3/t24-,30-/m1/s1. The van der Waals surface area contributed by atoms with E-state index in [0.29, 0.717) is 32.3 Å².